The number of rotatable bonds is 1. The van der Waals surface area contributed by atoms with Gasteiger partial charge in [0.05, 0.1) is 11.8 Å². The molecule has 1 aromatic rings. The molecule has 0 spiro atoms. The fourth-order valence-electron chi connectivity index (χ4n) is 2.65. The number of aromatic hydroxyl groups is 1. The maximum Gasteiger partial charge on any atom is 0.234 e. The molecule has 0 radical (unpaired) electrons. The standard InChI is InChI=1S/C15H13NO3/c17-11-5-1-3-9(8-11)7-10-4-2-6-12-13(10)15(19)16-14(12)18/h1-3,5-8,12-13,17H,4H2,(H,16,18,19)/b10-7+. The topological polar surface area (TPSA) is 66.4 Å². The van der Waals surface area contributed by atoms with Crippen molar-refractivity contribution in [2.45, 2.75) is 6.42 Å². The number of nitrogens with one attached hydrogen (secondary N) is 1. The van der Waals surface area contributed by atoms with E-state index in [0.29, 0.717) is 6.42 Å². The lowest BCUT2D eigenvalue weighted by Crippen LogP contribution is -2.22. The zero-order valence-electron chi connectivity index (χ0n) is 10.2. The molecule has 1 aliphatic carbocycles. The van der Waals surface area contributed by atoms with Crippen molar-refractivity contribution in [1.29, 1.82) is 0 Å². The van der Waals surface area contributed by atoms with Crippen LogP contribution in [0, 0.1) is 11.8 Å². The molecular weight excluding hydrogens is 242 g/mol. The monoisotopic (exact) mass is 255 g/mol. The summed E-state index contributed by atoms with van der Waals surface area (Å²) in [5.41, 5.74) is 1.73. The van der Waals surface area contributed by atoms with Crippen molar-refractivity contribution >= 4 is 17.9 Å². The largest absolute Gasteiger partial charge is 0.508 e. The average Bonchev–Trinajstić information content (AvgIpc) is 2.66. The Hall–Kier alpha value is -2.36. The lowest BCUT2D eigenvalue weighted by molar-refractivity contribution is -0.125. The van der Waals surface area contributed by atoms with Gasteiger partial charge in [-0.3, -0.25) is 14.9 Å². The minimum Gasteiger partial charge on any atom is -0.508 e. The van der Waals surface area contributed by atoms with Gasteiger partial charge in [0.1, 0.15) is 5.75 Å². The normalized spacial score (nSPS) is 27.5. The van der Waals surface area contributed by atoms with Crippen LogP contribution in [0.2, 0.25) is 0 Å². The van der Waals surface area contributed by atoms with Crippen LogP contribution in [0.4, 0.5) is 0 Å². The number of fused-ring (bicyclic) bond motifs is 1. The number of hydrogen-bond acceptors (Lipinski definition) is 3. The van der Waals surface area contributed by atoms with Crippen molar-refractivity contribution < 1.29 is 14.7 Å². The number of allylic oxidation sites excluding steroid dienone is 1. The zero-order chi connectivity index (χ0) is 13.4. The summed E-state index contributed by atoms with van der Waals surface area (Å²) in [6.45, 7) is 0. The van der Waals surface area contributed by atoms with Gasteiger partial charge in [-0.15, -0.1) is 0 Å². The van der Waals surface area contributed by atoms with Gasteiger partial charge in [-0.2, -0.15) is 0 Å². The highest BCUT2D eigenvalue weighted by Gasteiger charge is 2.43. The molecule has 0 saturated carbocycles. The number of carbonyl (C=O) groups excluding carboxylic acids is 2. The third kappa shape index (κ3) is 2.05. The van der Waals surface area contributed by atoms with Gasteiger partial charge in [-0.1, -0.05) is 35.9 Å². The molecule has 1 heterocycles. The van der Waals surface area contributed by atoms with E-state index in [9.17, 15) is 14.7 Å². The van der Waals surface area contributed by atoms with Crippen LogP contribution in [0.25, 0.3) is 6.08 Å². The van der Waals surface area contributed by atoms with Crippen LogP contribution in [0.5, 0.6) is 5.75 Å². The van der Waals surface area contributed by atoms with Crippen LogP contribution < -0.4 is 5.32 Å². The van der Waals surface area contributed by atoms with E-state index >= 15 is 0 Å². The van der Waals surface area contributed by atoms with Crippen LogP contribution in [-0.2, 0) is 9.59 Å². The second kappa shape index (κ2) is 4.39. The van der Waals surface area contributed by atoms with Gasteiger partial charge in [0.15, 0.2) is 0 Å². The van der Waals surface area contributed by atoms with Gasteiger partial charge >= 0.3 is 0 Å². The molecule has 0 bridgehead atoms. The van der Waals surface area contributed by atoms with Crippen molar-refractivity contribution in [3.05, 3.63) is 47.6 Å². The molecule has 0 aromatic heterocycles. The second-order valence-corrected chi connectivity index (χ2v) is 4.80. The van der Waals surface area contributed by atoms with Crippen LogP contribution in [0.15, 0.2) is 42.0 Å². The first-order valence-electron chi connectivity index (χ1n) is 6.16. The lowest BCUT2D eigenvalue weighted by Gasteiger charge is -2.19. The minimum absolute atomic E-state index is 0.184. The average molecular weight is 255 g/mol. The van der Waals surface area contributed by atoms with Gasteiger partial charge in [0.25, 0.3) is 0 Å². The molecular formula is C15H13NO3. The Morgan fingerprint density at radius 3 is 2.89 bits per heavy atom. The third-order valence-electron chi connectivity index (χ3n) is 3.51. The number of amides is 2. The van der Waals surface area contributed by atoms with Crippen molar-refractivity contribution in [3.8, 4) is 5.75 Å². The molecule has 96 valence electrons. The quantitative estimate of drug-likeness (QED) is 0.592. The van der Waals surface area contributed by atoms with Crippen LogP contribution in [-0.4, -0.2) is 16.9 Å². The molecule has 2 N–H and O–H groups in total. The summed E-state index contributed by atoms with van der Waals surface area (Å²) in [6, 6.07) is 6.83. The fourth-order valence-corrected chi connectivity index (χ4v) is 2.65. The van der Waals surface area contributed by atoms with Gasteiger partial charge in [-0.05, 0) is 24.1 Å². The molecule has 2 atom stereocenters. The van der Waals surface area contributed by atoms with E-state index in [1.54, 1.807) is 24.3 Å². The first kappa shape index (κ1) is 11.7. The summed E-state index contributed by atoms with van der Waals surface area (Å²) in [5.74, 6) is -1.06. The van der Waals surface area contributed by atoms with E-state index in [0.717, 1.165) is 11.1 Å². The summed E-state index contributed by atoms with van der Waals surface area (Å²) >= 11 is 0. The molecule has 2 amide bonds. The molecule has 3 rings (SSSR count). The SMILES string of the molecule is O=C1NC(=O)C2/C(=C/c3cccc(O)c3)CC=CC12. The summed E-state index contributed by atoms with van der Waals surface area (Å²) in [4.78, 5) is 23.5. The van der Waals surface area contributed by atoms with Crippen LogP contribution >= 0.6 is 0 Å². The van der Waals surface area contributed by atoms with Crippen molar-refractivity contribution in [3.63, 3.8) is 0 Å². The lowest BCUT2D eigenvalue weighted by atomic mass is 9.81. The minimum atomic E-state index is -0.403. The third-order valence-corrected chi connectivity index (χ3v) is 3.51. The Morgan fingerprint density at radius 1 is 1.26 bits per heavy atom. The molecule has 1 aliphatic heterocycles. The van der Waals surface area contributed by atoms with Crippen molar-refractivity contribution in [2.24, 2.45) is 11.8 Å². The Labute approximate surface area is 110 Å². The molecule has 19 heavy (non-hydrogen) atoms. The molecule has 4 nitrogen and oxygen atoms in total. The Balaban J connectivity index is 1.99. The number of imide groups is 1. The molecule has 2 unspecified atom stereocenters. The van der Waals surface area contributed by atoms with Crippen LogP contribution in [0.3, 0.4) is 0 Å². The smallest absolute Gasteiger partial charge is 0.234 e. The van der Waals surface area contributed by atoms with E-state index < -0.39 is 5.92 Å². The number of phenolic OH excluding ortho intramolecular Hbond substituents is 1. The van der Waals surface area contributed by atoms with E-state index in [2.05, 4.69) is 5.32 Å². The number of benzene rings is 1. The molecule has 2 aliphatic rings. The highest BCUT2D eigenvalue weighted by molar-refractivity contribution is 6.08. The van der Waals surface area contributed by atoms with E-state index in [1.807, 2.05) is 18.2 Å². The van der Waals surface area contributed by atoms with Crippen LogP contribution in [0.1, 0.15) is 12.0 Å². The molecule has 4 heteroatoms. The number of hydrogen-bond donors (Lipinski definition) is 2. The Morgan fingerprint density at radius 2 is 2.11 bits per heavy atom. The summed E-state index contributed by atoms with van der Waals surface area (Å²) in [6.07, 6.45) is 6.23. The Bertz CT molecular complexity index is 616. The molecule has 1 fully saturated rings. The van der Waals surface area contributed by atoms with Crippen molar-refractivity contribution in [1.82, 2.24) is 5.32 Å². The fraction of sp³-hybridized carbons (Fsp3) is 0.200. The van der Waals surface area contributed by atoms with E-state index in [1.165, 1.54) is 0 Å². The summed E-state index contributed by atoms with van der Waals surface area (Å²) in [7, 11) is 0. The number of carbonyl (C=O) groups is 2. The molecule has 1 saturated heterocycles. The highest BCUT2D eigenvalue weighted by atomic mass is 16.3. The highest BCUT2D eigenvalue weighted by Crippen LogP contribution is 2.35. The first-order valence-corrected chi connectivity index (χ1v) is 6.16. The van der Waals surface area contributed by atoms with Gasteiger partial charge in [0.2, 0.25) is 11.8 Å². The predicted octanol–water partition coefficient (Wildman–Crippen LogP) is 1.62. The number of phenols is 1. The maximum atomic E-state index is 11.8. The predicted molar refractivity (Wildman–Crippen MR) is 70.0 cm³/mol. The summed E-state index contributed by atoms with van der Waals surface area (Å²) < 4.78 is 0. The maximum absolute atomic E-state index is 11.8. The summed E-state index contributed by atoms with van der Waals surface area (Å²) in [5, 5.41) is 11.8. The van der Waals surface area contributed by atoms with E-state index in [4.69, 9.17) is 0 Å². The van der Waals surface area contributed by atoms with E-state index in [-0.39, 0.29) is 23.5 Å². The van der Waals surface area contributed by atoms with Crippen molar-refractivity contribution in [2.75, 3.05) is 0 Å². The Kier molecular flexibility index (Phi) is 2.71. The van der Waals surface area contributed by atoms with Gasteiger partial charge in [-0.25, -0.2) is 0 Å². The second-order valence-electron chi connectivity index (χ2n) is 4.80. The molecule has 1 aromatic carbocycles. The van der Waals surface area contributed by atoms with Gasteiger partial charge in [0, 0.05) is 0 Å². The zero-order valence-corrected chi connectivity index (χ0v) is 10.2. The van der Waals surface area contributed by atoms with Gasteiger partial charge < -0.3 is 5.11 Å². The first-order chi connectivity index (χ1) is 9.15.